The van der Waals surface area contributed by atoms with Gasteiger partial charge in [0.25, 0.3) is 0 Å². The van der Waals surface area contributed by atoms with E-state index in [0.717, 1.165) is 12.3 Å². The molecule has 0 saturated carbocycles. The van der Waals surface area contributed by atoms with E-state index in [4.69, 9.17) is 33.1 Å². The van der Waals surface area contributed by atoms with E-state index >= 15 is 0 Å². The van der Waals surface area contributed by atoms with Crippen molar-refractivity contribution >= 4 is 29.4 Å². The first kappa shape index (κ1) is 16.5. The zero-order valence-corrected chi connectivity index (χ0v) is 12.2. The molecule has 0 atom stereocenters. The molecule has 0 bridgehead atoms. The van der Waals surface area contributed by atoms with Gasteiger partial charge in [-0.05, 0) is 18.2 Å². The second kappa shape index (κ2) is 6.46. The average Bonchev–Trinajstić information content (AvgIpc) is 2.44. The first-order chi connectivity index (χ1) is 10.3. The lowest BCUT2D eigenvalue weighted by Crippen LogP contribution is -2.06. The van der Waals surface area contributed by atoms with Gasteiger partial charge < -0.3 is 9.94 Å². The maximum Gasteiger partial charge on any atom is 0.417 e. The van der Waals surface area contributed by atoms with E-state index in [9.17, 15) is 13.2 Å². The largest absolute Gasteiger partial charge is 0.454 e. The summed E-state index contributed by atoms with van der Waals surface area (Å²) in [7, 11) is 0. The molecule has 0 amide bonds. The van der Waals surface area contributed by atoms with Crippen molar-refractivity contribution in [1.29, 1.82) is 0 Å². The van der Waals surface area contributed by atoms with Crippen molar-refractivity contribution in [2.45, 2.75) is 6.18 Å². The van der Waals surface area contributed by atoms with Gasteiger partial charge in [-0.2, -0.15) is 13.2 Å². The standard InChI is InChI=1S/C14H8Cl2F3NO2/c15-12-8(7-20-21)3-1-5-10(12)22-11-6-2-4-9(13(11)16)14(17,18)19/h1-7,21H. The van der Waals surface area contributed by atoms with Crippen LogP contribution in [0.25, 0.3) is 0 Å². The average molecular weight is 350 g/mol. The molecule has 3 nitrogen and oxygen atoms in total. The van der Waals surface area contributed by atoms with E-state index < -0.39 is 16.8 Å². The third-order valence-corrected chi connectivity index (χ3v) is 3.47. The normalized spacial score (nSPS) is 11.9. The molecule has 1 N–H and O–H groups in total. The highest BCUT2D eigenvalue weighted by atomic mass is 35.5. The fraction of sp³-hybridized carbons (Fsp3) is 0.0714. The third-order valence-electron chi connectivity index (χ3n) is 2.68. The van der Waals surface area contributed by atoms with Gasteiger partial charge >= 0.3 is 6.18 Å². The number of halogens is 5. The molecule has 0 aliphatic rings. The van der Waals surface area contributed by atoms with Crippen LogP contribution in [0.2, 0.25) is 10.0 Å². The molecule has 2 aromatic rings. The number of benzene rings is 2. The summed E-state index contributed by atoms with van der Waals surface area (Å²) in [6, 6.07) is 7.86. The Morgan fingerprint density at radius 2 is 1.59 bits per heavy atom. The predicted molar refractivity (Wildman–Crippen MR) is 77.4 cm³/mol. The van der Waals surface area contributed by atoms with Crippen molar-refractivity contribution in [3.05, 3.63) is 57.6 Å². The van der Waals surface area contributed by atoms with Crippen molar-refractivity contribution in [3.8, 4) is 11.5 Å². The summed E-state index contributed by atoms with van der Waals surface area (Å²) in [6.07, 6.45) is -3.52. The highest BCUT2D eigenvalue weighted by Gasteiger charge is 2.34. The molecule has 0 heterocycles. The Morgan fingerprint density at radius 1 is 1.00 bits per heavy atom. The maximum absolute atomic E-state index is 12.8. The molecule has 0 aliphatic carbocycles. The molecule has 2 rings (SSSR count). The Kier molecular flexibility index (Phi) is 4.83. The molecule has 0 saturated heterocycles. The number of hydrogen-bond acceptors (Lipinski definition) is 3. The van der Waals surface area contributed by atoms with Crippen LogP contribution in [0.1, 0.15) is 11.1 Å². The molecule has 0 unspecified atom stereocenters. The third kappa shape index (κ3) is 3.45. The number of nitrogens with zero attached hydrogens (tertiary/aromatic N) is 1. The van der Waals surface area contributed by atoms with Crippen LogP contribution >= 0.6 is 23.2 Å². The van der Waals surface area contributed by atoms with Crippen molar-refractivity contribution < 1.29 is 23.1 Å². The molecule has 0 radical (unpaired) electrons. The number of oxime groups is 1. The van der Waals surface area contributed by atoms with Crippen LogP contribution < -0.4 is 4.74 Å². The van der Waals surface area contributed by atoms with Gasteiger partial charge in [-0.1, -0.05) is 46.6 Å². The Balaban J connectivity index is 2.43. The highest BCUT2D eigenvalue weighted by molar-refractivity contribution is 6.35. The topological polar surface area (TPSA) is 41.8 Å². The molecule has 0 aliphatic heterocycles. The monoisotopic (exact) mass is 349 g/mol. The molecule has 0 aromatic heterocycles. The van der Waals surface area contributed by atoms with Gasteiger partial charge in [-0.3, -0.25) is 0 Å². The minimum atomic E-state index is -4.59. The summed E-state index contributed by atoms with van der Waals surface area (Å²) in [6.45, 7) is 0. The van der Waals surface area contributed by atoms with Crippen LogP contribution in [0.15, 0.2) is 41.6 Å². The molecule has 8 heteroatoms. The van der Waals surface area contributed by atoms with E-state index in [1.807, 2.05) is 0 Å². The molecular formula is C14H8Cl2F3NO2. The van der Waals surface area contributed by atoms with Crippen molar-refractivity contribution in [3.63, 3.8) is 0 Å². The zero-order valence-electron chi connectivity index (χ0n) is 10.7. The quantitative estimate of drug-likeness (QED) is 0.444. The second-order valence-corrected chi connectivity index (χ2v) is 4.88. The summed E-state index contributed by atoms with van der Waals surface area (Å²) in [5.74, 6) is -0.100. The highest BCUT2D eigenvalue weighted by Crippen LogP contribution is 2.41. The lowest BCUT2D eigenvalue weighted by atomic mass is 10.2. The summed E-state index contributed by atoms with van der Waals surface area (Å²) in [5.41, 5.74) is -0.666. The zero-order chi connectivity index (χ0) is 16.3. The molecular weight excluding hydrogens is 342 g/mol. The first-order valence-electron chi connectivity index (χ1n) is 5.84. The number of ether oxygens (including phenoxy) is 1. The van der Waals surface area contributed by atoms with Crippen LogP contribution in [0, 0.1) is 0 Å². The Hall–Kier alpha value is -1.92. The summed E-state index contributed by atoms with van der Waals surface area (Å²) < 4.78 is 43.8. The molecule has 2 aromatic carbocycles. The van der Waals surface area contributed by atoms with E-state index in [-0.39, 0.29) is 16.5 Å². The van der Waals surface area contributed by atoms with E-state index in [0.29, 0.717) is 5.56 Å². The number of rotatable bonds is 3. The van der Waals surface area contributed by atoms with Gasteiger partial charge in [-0.25, -0.2) is 0 Å². The van der Waals surface area contributed by atoms with Gasteiger partial charge in [0.2, 0.25) is 0 Å². The van der Waals surface area contributed by atoms with E-state index in [1.54, 1.807) is 12.1 Å². The van der Waals surface area contributed by atoms with Gasteiger partial charge in [-0.15, -0.1) is 0 Å². The first-order valence-corrected chi connectivity index (χ1v) is 6.59. The molecule has 22 heavy (non-hydrogen) atoms. The van der Waals surface area contributed by atoms with Gasteiger partial charge in [0, 0.05) is 5.56 Å². The number of alkyl halides is 3. The molecule has 116 valence electrons. The van der Waals surface area contributed by atoms with Gasteiger partial charge in [0.15, 0.2) is 0 Å². The number of hydrogen-bond donors (Lipinski definition) is 1. The summed E-state index contributed by atoms with van der Waals surface area (Å²) in [5, 5.41) is 10.9. The van der Waals surface area contributed by atoms with Crippen LogP contribution in [0.5, 0.6) is 11.5 Å². The van der Waals surface area contributed by atoms with Crippen LogP contribution in [0.3, 0.4) is 0 Å². The lowest BCUT2D eigenvalue weighted by Gasteiger charge is -2.14. The lowest BCUT2D eigenvalue weighted by molar-refractivity contribution is -0.137. The second-order valence-electron chi connectivity index (χ2n) is 4.12. The maximum atomic E-state index is 12.8. The smallest absolute Gasteiger partial charge is 0.417 e. The minimum Gasteiger partial charge on any atom is -0.454 e. The Morgan fingerprint density at radius 3 is 2.18 bits per heavy atom. The van der Waals surface area contributed by atoms with Crippen LogP contribution in [-0.2, 0) is 6.18 Å². The predicted octanol–water partition coefficient (Wildman–Crippen LogP) is 5.61. The Bertz CT molecular complexity index is 718. The van der Waals surface area contributed by atoms with Gasteiger partial charge in [0.05, 0.1) is 21.8 Å². The summed E-state index contributed by atoms with van der Waals surface area (Å²) in [4.78, 5) is 0. The SMILES string of the molecule is ON=Cc1cccc(Oc2cccc(C(F)(F)F)c2Cl)c1Cl. The minimum absolute atomic E-state index is 0.0776. The fourth-order valence-electron chi connectivity index (χ4n) is 1.70. The summed E-state index contributed by atoms with van der Waals surface area (Å²) >= 11 is 11.8. The van der Waals surface area contributed by atoms with E-state index in [1.165, 1.54) is 18.2 Å². The van der Waals surface area contributed by atoms with Crippen molar-refractivity contribution in [2.75, 3.05) is 0 Å². The van der Waals surface area contributed by atoms with Crippen molar-refractivity contribution in [1.82, 2.24) is 0 Å². The Labute approximate surface area is 133 Å². The van der Waals surface area contributed by atoms with E-state index in [2.05, 4.69) is 5.16 Å². The van der Waals surface area contributed by atoms with Crippen LogP contribution in [-0.4, -0.2) is 11.4 Å². The molecule has 0 spiro atoms. The van der Waals surface area contributed by atoms with Crippen molar-refractivity contribution in [2.24, 2.45) is 5.16 Å². The molecule has 0 fully saturated rings. The van der Waals surface area contributed by atoms with Crippen LogP contribution in [0.4, 0.5) is 13.2 Å². The fourth-order valence-corrected chi connectivity index (χ4v) is 2.18. The van der Waals surface area contributed by atoms with Gasteiger partial charge in [0.1, 0.15) is 11.5 Å².